The van der Waals surface area contributed by atoms with Gasteiger partial charge in [0.05, 0.1) is 24.7 Å². The monoisotopic (exact) mass is 418 g/mol. The minimum atomic E-state index is -1.74. The Balaban J connectivity index is 1.87. The van der Waals surface area contributed by atoms with E-state index in [9.17, 15) is 20.4 Å². The summed E-state index contributed by atoms with van der Waals surface area (Å²) in [6, 6.07) is 0. The third kappa shape index (κ3) is 2.59. The highest BCUT2D eigenvalue weighted by Gasteiger charge is 2.75. The molecule has 4 rings (SSSR count). The van der Waals surface area contributed by atoms with E-state index in [1.165, 1.54) is 0 Å². The fourth-order valence-corrected chi connectivity index (χ4v) is 7.28. The van der Waals surface area contributed by atoms with E-state index in [4.69, 9.17) is 4.74 Å². The Hall–Kier alpha value is -0.980. The normalized spacial score (nSPS) is 49.4. The van der Waals surface area contributed by atoms with Crippen molar-refractivity contribution in [3.63, 3.8) is 0 Å². The lowest BCUT2D eigenvalue weighted by atomic mass is 9.58. The zero-order valence-electron chi connectivity index (χ0n) is 19.1. The van der Waals surface area contributed by atoms with Crippen molar-refractivity contribution in [1.82, 2.24) is 0 Å². The first kappa shape index (κ1) is 22.2. The predicted molar refractivity (Wildman–Crippen MR) is 116 cm³/mol. The van der Waals surface area contributed by atoms with E-state index < -0.39 is 29.3 Å². The summed E-state index contributed by atoms with van der Waals surface area (Å²) in [5, 5.41) is 45.8. The molecule has 0 radical (unpaired) electrons. The quantitative estimate of drug-likeness (QED) is 0.527. The smallest absolute Gasteiger partial charge is 0.136 e. The highest BCUT2D eigenvalue weighted by Crippen LogP contribution is 2.72. The second kappa shape index (κ2) is 7.01. The minimum absolute atomic E-state index is 0.0516. The van der Waals surface area contributed by atoms with Crippen LogP contribution < -0.4 is 0 Å². The molecule has 4 N–H and O–H groups in total. The van der Waals surface area contributed by atoms with Crippen LogP contribution in [-0.4, -0.2) is 57.6 Å². The van der Waals surface area contributed by atoms with Crippen LogP contribution in [0.5, 0.6) is 0 Å². The molecule has 0 aromatic rings. The van der Waals surface area contributed by atoms with Gasteiger partial charge in [-0.2, -0.15) is 0 Å². The van der Waals surface area contributed by atoms with Crippen molar-refractivity contribution in [2.75, 3.05) is 13.2 Å². The molecule has 168 valence electrons. The molecule has 1 spiro atoms. The van der Waals surface area contributed by atoms with Crippen molar-refractivity contribution >= 4 is 0 Å². The Morgan fingerprint density at radius 1 is 1.30 bits per heavy atom. The Morgan fingerprint density at radius 3 is 2.57 bits per heavy atom. The average Bonchev–Trinajstić information content (AvgIpc) is 3.17. The lowest BCUT2D eigenvalue weighted by Crippen LogP contribution is -2.66. The van der Waals surface area contributed by atoms with Gasteiger partial charge in [0.2, 0.25) is 0 Å². The van der Waals surface area contributed by atoms with Crippen molar-refractivity contribution in [2.45, 2.75) is 71.9 Å². The van der Waals surface area contributed by atoms with Crippen molar-refractivity contribution in [1.29, 1.82) is 0 Å². The van der Waals surface area contributed by atoms with Crippen LogP contribution in [0.1, 0.15) is 48.0 Å². The minimum Gasteiger partial charge on any atom is -0.392 e. The molecule has 2 fully saturated rings. The molecule has 5 nitrogen and oxygen atoms in total. The van der Waals surface area contributed by atoms with Gasteiger partial charge in [-0.25, -0.2) is 0 Å². The van der Waals surface area contributed by atoms with Gasteiger partial charge in [-0.3, -0.25) is 0 Å². The van der Waals surface area contributed by atoms with Crippen LogP contribution >= 0.6 is 0 Å². The molecule has 0 heterocycles. The first-order chi connectivity index (χ1) is 14.0. The standard InChI is InChI=1S/C25H38O5/c1-7-13(2)12-30-22-14(3)10-24-15(4)8-18-19(23(18,5)6)17(21(24)28)9-16(11-26)20(27)25(22,24)29/h7,9-10,15,17-22,26-29H,8,11-12H2,1-6H3. The molecule has 9 unspecified atom stereocenters. The summed E-state index contributed by atoms with van der Waals surface area (Å²) in [4.78, 5) is 0. The number of hydrogen-bond donors (Lipinski definition) is 4. The zero-order valence-corrected chi connectivity index (χ0v) is 19.1. The van der Waals surface area contributed by atoms with Crippen LogP contribution in [-0.2, 0) is 4.74 Å². The number of hydrogen-bond acceptors (Lipinski definition) is 5. The molecular formula is C25H38O5. The summed E-state index contributed by atoms with van der Waals surface area (Å²) < 4.78 is 6.20. The van der Waals surface area contributed by atoms with Crippen molar-refractivity contribution in [3.8, 4) is 0 Å². The maximum atomic E-state index is 12.3. The Bertz CT molecular complexity index is 810. The van der Waals surface area contributed by atoms with Crippen LogP contribution in [0.2, 0.25) is 0 Å². The number of ether oxygens (including phenoxy) is 1. The molecule has 4 aliphatic rings. The molecule has 30 heavy (non-hydrogen) atoms. The van der Waals surface area contributed by atoms with E-state index in [-0.39, 0.29) is 29.8 Å². The van der Waals surface area contributed by atoms with Crippen molar-refractivity contribution < 1.29 is 25.2 Å². The predicted octanol–water partition coefficient (Wildman–Crippen LogP) is 2.60. The van der Waals surface area contributed by atoms with Gasteiger partial charge >= 0.3 is 0 Å². The van der Waals surface area contributed by atoms with Crippen molar-refractivity contribution in [2.24, 2.45) is 34.5 Å². The van der Waals surface area contributed by atoms with Gasteiger partial charge in [-0.15, -0.1) is 0 Å². The maximum absolute atomic E-state index is 12.3. The van der Waals surface area contributed by atoms with Crippen LogP contribution in [0.25, 0.3) is 0 Å². The van der Waals surface area contributed by atoms with E-state index in [0.29, 0.717) is 18.1 Å². The van der Waals surface area contributed by atoms with Crippen molar-refractivity contribution in [3.05, 3.63) is 34.9 Å². The van der Waals surface area contributed by atoms with Crippen LogP contribution in [0.3, 0.4) is 0 Å². The van der Waals surface area contributed by atoms with Gasteiger partial charge in [0.25, 0.3) is 0 Å². The number of fused-ring (bicyclic) bond motifs is 3. The Kier molecular flexibility index (Phi) is 5.19. The zero-order chi connectivity index (χ0) is 22.2. The van der Waals surface area contributed by atoms with Gasteiger partial charge in [0.15, 0.2) is 0 Å². The Morgan fingerprint density at radius 2 is 1.97 bits per heavy atom. The fraction of sp³-hybridized carbons (Fsp3) is 0.760. The molecule has 9 atom stereocenters. The summed E-state index contributed by atoms with van der Waals surface area (Å²) in [7, 11) is 0. The SMILES string of the molecule is CC=C(C)COC1C(C)=CC23C(C)CC4C(C(C=C(CO)C(O)C12O)C3O)C4(C)C. The molecule has 0 saturated heterocycles. The first-order valence-electron chi connectivity index (χ1n) is 11.3. The molecule has 4 aliphatic carbocycles. The largest absolute Gasteiger partial charge is 0.392 e. The number of rotatable bonds is 4. The maximum Gasteiger partial charge on any atom is 0.136 e. The lowest BCUT2D eigenvalue weighted by molar-refractivity contribution is -0.223. The van der Waals surface area contributed by atoms with E-state index in [1.54, 1.807) is 0 Å². The fourth-order valence-electron chi connectivity index (χ4n) is 7.28. The molecule has 0 amide bonds. The highest BCUT2D eigenvalue weighted by molar-refractivity contribution is 5.43. The van der Waals surface area contributed by atoms with Crippen LogP contribution in [0.4, 0.5) is 0 Å². The topological polar surface area (TPSA) is 90.2 Å². The number of aliphatic hydroxyl groups is 4. The van der Waals surface area contributed by atoms with Gasteiger partial charge in [-0.05, 0) is 61.5 Å². The highest BCUT2D eigenvalue weighted by atomic mass is 16.5. The summed E-state index contributed by atoms with van der Waals surface area (Å²) >= 11 is 0. The van der Waals surface area contributed by atoms with Crippen LogP contribution in [0.15, 0.2) is 34.9 Å². The molecule has 2 saturated carbocycles. The van der Waals surface area contributed by atoms with Gasteiger partial charge < -0.3 is 25.2 Å². The number of allylic oxidation sites excluding steroid dienone is 1. The molecule has 5 heteroatoms. The van der Waals surface area contributed by atoms with E-state index in [2.05, 4.69) is 20.8 Å². The number of aliphatic hydroxyl groups excluding tert-OH is 3. The molecular weight excluding hydrogens is 380 g/mol. The second-order valence-corrected chi connectivity index (χ2v) is 10.9. The summed E-state index contributed by atoms with van der Waals surface area (Å²) in [5.41, 5.74) is -0.426. The van der Waals surface area contributed by atoms with Gasteiger partial charge in [0.1, 0.15) is 17.8 Å². The third-order valence-electron chi connectivity index (χ3n) is 9.13. The lowest BCUT2D eigenvalue weighted by Gasteiger charge is -2.52. The molecule has 0 aliphatic heterocycles. The van der Waals surface area contributed by atoms with E-state index in [1.807, 2.05) is 39.0 Å². The first-order valence-corrected chi connectivity index (χ1v) is 11.3. The van der Waals surface area contributed by atoms with Gasteiger partial charge in [0, 0.05) is 5.92 Å². The second-order valence-electron chi connectivity index (χ2n) is 10.9. The third-order valence-corrected chi connectivity index (χ3v) is 9.13. The summed E-state index contributed by atoms with van der Waals surface area (Å²) in [6.45, 7) is 12.4. The summed E-state index contributed by atoms with van der Waals surface area (Å²) in [6.07, 6.45) is 3.76. The molecule has 0 aromatic carbocycles. The molecule has 0 aromatic heterocycles. The van der Waals surface area contributed by atoms with E-state index >= 15 is 0 Å². The molecule has 2 bridgehead atoms. The van der Waals surface area contributed by atoms with Crippen LogP contribution in [0, 0.1) is 34.5 Å². The average molecular weight is 419 g/mol. The van der Waals surface area contributed by atoms with E-state index in [0.717, 1.165) is 17.6 Å². The summed E-state index contributed by atoms with van der Waals surface area (Å²) in [5.74, 6) is 0.440. The Labute approximate surface area is 180 Å². The van der Waals surface area contributed by atoms with Gasteiger partial charge in [-0.1, -0.05) is 44.6 Å².